The zero-order valence-electron chi connectivity index (χ0n) is 10.9. The van der Waals surface area contributed by atoms with E-state index in [1.54, 1.807) is 0 Å². The number of nitrogens with one attached hydrogen (secondary N) is 1. The quantitative estimate of drug-likeness (QED) is 0.898. The lowest BCUT2D eigenvalue weighted by atomic mass is 9.78. The summed E-state index contributed by atoms with van der Waals surface area (Å²) in [6.45, 7) is 0. The second-order valence-corrected chi connectivity index (χ2v) is 5.71. The van der Waals surface area contributed by atoms with Gasteiger partial charge in [0.15, 0.2) is 0 Å². The van der Waals surface area contributed by atoms with E-state index in [9.17, 15) is 19.1 Å². The first-order valence-corrected chi connectivity index (χ1v) is 6.99. The zero-order valence-corrected chi connectivity index (χ0v) is 11.6. The van der Waals surface area contributed by atoms with Crippen LogP contribution in [0.5, 0.6) is 0 Å². The van der Waals surface area contributed by atoms with Gasteiger partial charge in [0.25, 0.3) is 0 Å². The molecule has 0 aromatic heterocycles. The summed E-state index contributed by atoms with van der Waals surface area (Å²) >= 11 is 5.65. The Morgan fingerprint density at radius 3 is 2.57 bits per heavy atom. The smallest absolute Gasteiger partial charge is 0.310 e. The number of rotatable bonds is 3. The number of fused-ring (bicyclic) bond motifs is 2. The van der Waals surface area contributed by atoms with Gasteiger partial charge in [-0.2, -0.15) is 0 Å². The molecular formula is C14H13ClFNO4. The van der Waals surface area contributed by atoms with E-state index in [0.29, 0.717) is 18.5 Å². The molecule has 5 nitrogen and oxygen atoms in total. The third-order valence-corrected chi connectivity index (χ3v) is 4.34. The van der Waals surface area contributed by atoms with Crippen molar-refractivity contribution in [3.05, 3.63) is 29.0 Å². The Morgan fingerprint density at radius 2 is 1.95 bits per heavy atom. The third kappa shape index (κ3) is 2.49. The molecule has 1 aromatic carbocycles. The van der Waals surface area contributed by atoms with Gasteiger partial charge in [-0.05, 0) is 31.0 Å². The van der Waals surface area contributed by atoms with Gasteiger partial charge >= 0.3 is 5.97 Å². The Kier molecular flexibility index (Phi) is 3.59. The molecule has 3 rings (SSSR count). The molecule has 1 amide bonds. The van der Waals surface area contributed by atoms with E-state index in [2.05, 4.69) is 5.32 Å². The maximum atomic E-state index is 13.1. The zero-order chi connectivity index (χ0) is 15.1. The lowest BCUT2D eigenvalue weighted by molar-refractivity contribution is -0.147. The third-order valence-electron chi connectivity index (χ3n) is 4.05. The molecule has 0 saturated carbocycles. The van der Waals surface area contributed by atoms with Crippen molar-refractivity contribution in [2.45, 2.75) is 25.0 Å². The molecule has 2 aliphatic heterocycles. The lowest BCUT2D eigenvalue weighted by Gasteiger charge is -2.23. The summed E-state index contributed by atoms with van der Waals surface area (Å²) in [5.74, 6) is -3.61. The highest BCUT2D eigenvalue weighted by atomic mass is 35.5. The first-order valence-electron chi connectivity index (χ1n) is 6.61. The van der Waals surface area contributed by atoms with Crippen molar-refractivity contribution in [1.29, 1.82) is 0 Å². The van der Waals surface area contributed by atoms with Crippen LogP contribution in [0.1, 0.15) is 12.8 Å². The van der Waals surface area contributed by atoms with E-state index >= 15 is 0 Å². The topological polar surface area (TPSA) is 75.6 Å². The Bertz CT molecular complexity index is 609. The van der Waals surface area contributed by atoms with Crippen molar-refractivity contribution < 1.29 is 23.8 Å². The number of anilines is 1. The second kappa shape index (κ2) is 5.27. The lowest BCUT2D eigenvalue weighted by Crippen LogP contribution is -2.40. The molecule has 2 bridgehead atoms. The molecule has 2 heterocycles. The van der Waals surface area contributed by atoms with Crippen LogP contribution in [0.4, 0.5) is 10.1 Å². The molecule has 1 aromatic rings. The van der Waals surface area contributed by atoms with Gasteiger partial charge < -0.3 is 15.2 Å². The summed E-state index contributed by atoms with van der Waals surface area (Å²) in [6.07, 6.45) is 0.567. The minimum atomic E-state index is -1.03. The summed E-state index contributed by atoms with van der Waals surface area (Å²) in [4.78, 5) is 23.7. The van der Waals surface area contributed by atoms with E-state index in [4.69, 9.17) is 16.3 Å². The van der Waals surface area contributed by atoms with Crippen LogP contribution in [0.2, 0.25) is 5.02 Å². The van der Waals surface area contributed by atoms with Crippen LogP contribution in [0.15, 0.2) is 18.2 Å². The average molecular weight is 314 g/mol. The number of hydrogen-bond acceptors (Lipinski definition) is 3. The normalized spacial score (nSPS) is 30.4. The summed E-state index contributed by atoms with van der Waals surface area (Å²) in [5.41, 5.74) is 0.332. The Hall–Kier alpha value is -1.66. The molecule has 2 fully saturated rings. The van der Waals surface area contributed by atoms with Crippen molar-refractivity contribution in [3.63, 3.8) is 0 Å². The van der Waals surface area contributed by atoms with Crippen LogP contribution in [0.3, 0.4) is 0 Å². The van der Waals surface area contributed by atoms with Gasteiger partial charge in [-0.25, -0.2) is 4.39 Å². The monoisotopic (exact) mass is 313 g/mol. The number of amides is 1. The van der Waals surface area contributed by atoms with Gasteiger partial charge in [-0.1, -0.05) is 11.6 Å². The molecule has 21 heavy (non-hydrogen) atoms. The number of hydrogen-bond donors (Lipinski definition) is 2. The van der Waals surface area contributed by atoms with Crippen LogP contribution in [0, 0.1) is 17.7 Å². The Labute approximate surface area is 125 Å². The van der Waals surface area contributed by atoms with Crippen molar-refractivity contribution >= 4 is 29.2 Å². The van der Waals surface area contributed by atoms with Crippen molar-refractivity contribution in [2.24, 2.45) is 11.8 Å². The number of carbonyl (C=O) groups is 2. The van der Waals surface area contributed by atoms with Crippen molar-refractivity contribution in [3.8, 4) is 0 Å². The Morgan fingerprint density at radius 1 is 1.29 bits per heavy atom. The van der Waals surface area contributed by atoms with Gasteiger partial charge in [0, 0.05) is 5.69 Å². The standard InChI is InChI=1S/C14H13ClFNO4/c15-7-5-6(1-2-8(7)16)17-13(18)11-9-3-4-10(21-9)12(11)14(19)20/h1-2,5,9-12H,3-4H2,(H,17,18)(H,19,20)/t9-,10+,11+,12-/m0/s1. The highest BCUT2D eigenvalue weighted by molar-refractivity contribution is 6.31. The maximum Gasteiger partial charge on any atom is 0.310 e. The molecule has 0 unspecified atom stereocenters. The molecule has 0 spiro atoms. The molecule has 2 saturated heterocycles. The predicted molar refractivity (Wildman–Crippen MR) is 72.6 cm³/mol. The van der Waals surface area contributed by atoms with E-state index in [1.165, 1.54) is 12.1 Å². The largest absolute Gasteiger partial charge is 0.481 e. The maximum absolute atomic E-state index is 13.1. The summed E-state index contributed by atoms with van der Waals surface area (Å²) in [6, 6.07) is 3.81. The summed E-state index contributed by atoms with van der Waals surface area (Å²) in [5, 5.41) is 11.8. The minimum Gasteiger partial charge on any atom is -0.481 e. The molecule has 4 atom stereocenters. The molecule has 0 radical (unpaired) electrons. The van der Waals surface area contributed by atoms with Crippen LogP contribution < -0.4 is 5.32 Å². The fourth-order valence-corrected chi connectivity index (χ4v) is 3.30. The number of halogens is 2. The van der Waals surface area contributed by atoms with Gasteiger partial charge in [-0.15, -0.1) is 0 Å². The molecule has 2 N–H and O–H groups in total. The van der Waals surface area contributed by atoms with Crippen LogP contribution in [-0.4, -0.2) is 29.2 Å². The number of benzene rings is 1. The fourth-order valence-electron chi connectivity index (χ4n) is 3.12. The predicted octanol–water partition coefficient (Wildman–Crippen LogP) is 2.30. The molecule has 112 valence electrons. The molecular weight excluding hydrogens is 301 g/mol. The minimum absolute atomic E-state index is 0.105. The van der Waals surface area contributed by atoms with Crippen LogP contribution in [-0.2, 0) is 14.3 Å². The first kappa shape index (κ1) is 14.3. The summed E-state index contributed by atoms with van der Waals surface area (Å²) < 4.78 is 18.6. The number of carboxylic acids is 1. The SMILES string of the molecule is O=C(O)[C@@H]1[C@H](C(=O)Nc2ccc(F)c(Cl)c2)[C@@H]2CC[C@H]1O2. The van der Waals surface area contributed by atoms with Crippen LogP contribution >= 0.6 is 11.6 Å². The van der Waals surface area contributed by atoms with Gasteiger partial charge in [-0.3, -0.25) is 9.59 Å². The molecule has 7 heteroatoms. The summed E-state index contributed by atoms with van der Waals surface area (Å²) in [7, 11) is 0. The number of carbonyl (C=O) groups excluding carboxylic acids is 1. The van der Waals surface area contributed by atoms with Crippen molar-refractivity contribution in [1.82, 2.24) is 0 Å². The van der Waals surface area contributed by atoms with Crippen molar-refractivity contribution in [2.75, 3.05) is 5.32 Å². The number of ether oxygens (including phenoxy) is 1. The van der Waals surface area contributed by atoms with E-state index in [1.807, 2.05) is 0 Å². The van der Waals surface area contributed by atoms with Crippen LogP contribution in [0.25, 0.3) is 0 Å². The van der Waals surface area contributed by atoms with E-state index in [0.717, 1.165) is 6.07 Å². The van der Waals surface area contributed by atoms with Gasteiger partial charge in [0.2, 0.25) is 5.91 Å². The Balaban J connectivity index is 1.78. The number of carboxylic acid groups (broad SMARTS) is 1. The number of aliphatic carboxylic acids is 1. The van der Waals surface area contributed by atoms with E-state index < -0.39 is 35.6 Å². The fraction of sp³-hybridized carbons (Fsp3) is 0.429. The average Bonchev–Trinajstić information content (AvgIpc) is 3.03. The van der Waals surface area contributed by atoms with Gasteiger partial charge in [0.1, 0.15) is 5.82 Å². The molecule has 2 aliphatic rings. The highest BCUT2D eigenvalue weighted by Crippen LogP contribution is 2.44. The first-order chi connectivity index (χ1) is 9.97. The second-order valence-electron chi connectivity index (χ2n) is 5.30. The highest BCUT2D eigenvalue weighted by Gasteiger charge is 2.55. The van der Waals surface area contributed by atoms with E-state index in [-0.39, 0.29) is 11.1 Å². The molecule has 0 aliphatic carbocycles. The van der Waals surface area contributed by atoms with Gasteiger partial charge in [0.05, 0.1) is 29.1 Å².